The van der Waals surface area contributed by atoms with Crippen molar-refractivity contribution in [3.05, 3.63) is 11.1 Å². The summed E-state index contributed by atoms with van der Waals surface area (Å²) in [7, 11) is 0. The largest absolute Gasteiger partial charge is 0.157 e. The van der Waals surface area contributed by atoms with Crippen LogP contribution in [0, 0.1) is 0 Å². The van der Waals surface area contributed by atoms with Crippen LogP contribution in [0.2, 0.25) is 0 Å². The zero-order valence-corrected chi connectivity index (χ0v) is 7.69. The van der Waals surface area contributed by atoms with Crippen LogP contribution in [0.1, 0.15) is 12.8 Å². The zero-order chi connectivity index (χ0) is 6.81. The molecule has 0 aliphatic carbocycles. The summed E-state index contributed by atoms with van der Waals surface area (Å²) in [4.78, 5) is 0. The predicted molar refractivity (Wildman–Crippen MR) is 50.9 cm³/mol. The van der Waals surface area contributed by atoms with Crippen molar-refractivity contribution in [3.8, 4) is 0 Å². The number of hydrogen-bond acceptors (Lipinski definition) is 2. The molecule has 0 aromatic carbocycles. The van der Waals surface area contributed by atoms with Gasteiger partial charge in [-0.2, -0.15) is 23.5 Å². The summed E-state index contributed by atoms with van der Waals surface area (Å²) in [6, 6.07) is 0. The van der Waals surface area contributed by atoms with Gasteiger partial charge in [0, 0.05) is 11.5 Å². The number of hydrogen-bond donors (Lipinski definition) is 0. The molecule has 0 saturated carbocycles. The van der Waals surface area contributed by atoms with E-state index in [1.807, 2.05) is 0 Å². The molecule has 2 saturated heterocycles. The first-order valence-electron chi connectivity index (χ1n) is 3.82. The fourth-order valence-electron chi connectivity index (χ4n) is 1.48. The molecule has 0 amide bonds. The normalized spacial score (nSPS) is 33.6. The topological polar surface area (TPSA) is 0 Å². The number of thioether (sulfide) groups is 2. The molecule has 2 heterocycles. The molecule has 0 aromatic rings. The zero-order valence-electron chi connectivity index (χ0n) is 6.06. The summed E-state index contributed by atoms with van der Waals surface area (Å²) in [5, 5.41) is 0. The fraction of sp³-hybridized carbons (Fsp3) is 0.750. The average molecular weight is 172 g/mol. The summed E-state index contributed by atoms with van der Waals surface area (Å²) in [6.45, 7) is 0. The van der Waals surface area contributed by atoms with E-state index in [1.54, 1.807) is 11.1 Å². The predicted octanol–water partition coefficient (Wildman–Crippen LogP) is 2.56. The summed E-state index contributed by atoms with van der Waals surface area (Å²) in [5.74, 6) is 5.44. The Balaban J connectivity index is 2.10. The van der Waals surface area contributed by atoms with Crippen LogP contribution in [0.5, 0.6) is 0 Å². The lowest BCUT2D eigenvalue weighted by Gasteiger charge is -1.99. The van der Waals surface area contributed by atoms with E-state index in [2.05, 4.69) is 23.5 Å². The third kappa shape index (κ3) is 1.37. The van der Waals surface area contributed by atoms with Crippen molar-refractivity contribution >= 4 is 23.5 Å². The molecule has 0 radical (unpaired) electrons. The molecule has 2 heteroatoms. The minimum Gasteiger partial charge on any atom is -0.157 e. The van der Waals surface area contributed by atoms with Crippen molar-refractivity contribution in [2.75, 3.05) is 23.0 Å². The van der Waals surface area contributed by atoms with Crippen molar-refractivity contribution in [2.45, 2.75) is 12.8 Å². The quantitative estimate of drug-likeness (QED) is 0.515. The van der Waals surface area contributed by atoms with Crippen molar-refractivity contribution in [1.82, 2.24) is 0 Å². The molecule has 56 valence electrons. The van der Waals surface area contributed by atoms with Crippen LogP contribution in [0.3, 0.4) is 0 Å². The third-order valence-electron chi connectivity index (χ3n) is 2.15. The van der Waals surface area contributed by atoms with Crippen LogP contribution in [-0.4, -0.2) is 23.0 Å². The summed E-state index contributed by atoms with van der Waals surface area (Å²) >= 11 is 4.20. The molecule has 2 aliphatic rings. The van der Waals surface area contributed by atoms with Gasteiger partial charge >= 0.3 is 0 Å². The maximum absolute atomic E-state index is 2.10. The van der Waals surface area contributed by atoms with E-state index in [0.29, 0.717) is 0 Å². The molecule has 10 heavy (non-hydrogen) atoms. The molecule has 2 rings (SSSR count). The second kappa shape index (κ2) is 3.22. The van der Waals surface area contributed by atoms with Gasteiger partial charge in [-0.3, -0.25) is 0 Å². The first-order chi connectivity index (χ1) is 4.97. The van der Waals surface area contributed by atoms with E-state index in [4.69, 9.17) is 0 Å². The van der Waals surface area contributed by atoms with E-state index in [1.165, 1.54) is 35.9 Å². The van der Waals surface area contributed by atoms with Crippen LogP contribution >= 0.6 is 23.5 Å². The summed E-state index contributed by atoms with van der Waals surface area (Å²) in [6.07, 6.45) is 2.78. The lowest BCUT2D eigenvalue weighted by atomic mass is 10.1. The van der Waals surface area contributed by atoms with Gasteiger partial charge in [0.15, 0.2) is 0 Å². The Morgan fingerprint density at radius 3 is 1.60 bits per heavy atom. The lowest BCUT2D eigenvalue weighted by Crippen LogP contribution is -1.88. The molecule has 0 unspecified atom stereocenters. The van der Waals surface area contributed by atoms with Crippen LogP contribution < -0.4 is 0 Å². The van der Waals surface area contributed by atoms with E-state index < -0.39 is 0 Å². The Kier molecular flexibility index (Phi) is 2.29. The van der Waals surface area contributed by atoms with Crippen molar-refractivity contribution < 1.29 is 0 Å². The molecule has 0 N–H and O–H groups in total. The first-order valence-corrected chi connectivity index (χ1v) is 6.13. The molecule has 0 bridgehead atoms. The average Bonchev–Trinajstić information content (AvgIpc) is 2.59. The Morgan fingerprint density at radius 1 is 0.800 bits per heavy atom. The summed E-state index contributed by atoms with van der Waals surface area (Å²) < 4.78 is 0. The second-order valence-corrected chi connectivity index (χ2v) is 5.02. The van der Waals surface area contributed by atoms with Crippen LogP contribution in [0.4, 0.5) is 0 Å². The van der Waals surface area contributed by atoms with E-state index in [-0.39, 0.29) is 0 Å². The van der Waals surface area contributed by atoms with Gasteiger partial charge in [0.2, 0.25) is 0 Å². The molecular weight excluding hydrogens is 160 g/mol. The van der Waals surface area contributed by atoms with E-state index in [9.17, 15) is 0 Å². The summed E-state index contributed by atoms with van der Waals surface area (Å²) in [5.41, 5.74) is 3.57. The van der Waals surface area contributed by atoms with Gasteiger partial charge in [-0.25, -0.2) is 0 Å². The first kappa shape index (κ1) is 7.11. The molecule has 2 aliphatic heterocycles. The lowest BCUT2D eigenvalue weighted by molar-refractivity contribution is 1.05. The highest BCUT2D eigenvalue weighted by Crippen LogP contribution is 2.32. The highest BCUT2D eigenvalue weighted by Gasteiger charge is 2.15. The molecule has 0 spiro atoms. The van der Waals surface area contributed by atoms with Gasteiger partial charge in [-0.15, -0.1) is 0 Å². The highest BCUT2D eigenvalue weighted by atomic mass is 32.2. The number of rotatable bonds is 0. The van der Waals surface area contributed by atoms with Gasteiger partial charge in [-0.1, -0.05) is 11.1 Å². The van der Waals surface area contributed by atoms with Crippen molar-refractivity contribution in [3.63, 3.8) is 0 Å². The molecular formula is C8H12S2. The van der Waals surface area contributed by atoms with Crippen molar-refractivity contribution in [1.29, 1.82) is 0 Å². The molecule has 0 nitrogen and oxygen atoms in total. The smallest absolute Gasteiger partial charge is 0.0146 e. The Bertz CT molecular complexity index is 127. The second-order valence-electron chi connectivity index (χ2n) is 2.81. The minimum atomic E-state index is 1.34. The maximum atomic E-state index is 2.10. The van der Waals surface area contributed by atoms with Gasteiger partial charge in [0.1, 0.15) is 0 Å². The minimum absolute atomic E-state index is 1.34. The Hall–Kier alpha value is 0.440. The van der Waals surface area contributed by atoms with Gasteiger partial charge in [-0.05, 0) is 24.3 Å². The SMILES string of the molecule is C1C/C(=C2\CCSC2)CS1. The van der Waals surface area contributed by atoms with Crippen LogP contribution in [0.25, 0.3) is 0 Å². The maximum Gasteiger partial charge on any atom is 0.0146 e. The van der Waals surface area contributed by atoms with Gasteiger partial charge in [0.25, 0.3) is 0 Å². The van der Waals surface area contributed by atoms with Crippen LogP contribution in [0.15, 0.2) is 11.1 Å². The van der Waals surface area contributed by atoms with Gasteiger partial charge in [0.05, 0.1) is 0 Å². The highest BCUT2D eigenvalue weighted by molar-refractivity contribution is 8.00. The molecule has 0 aromatic heterocycles. The molecule has 0 atom stereocenters. The molecule has 2 fully saturated rings. The standard InChI is InChI=1S/C8H12S2/c1-3-9-5-7(1)8-2-4-10-6-8/h1-6H2/b8-7-. The van der Waals surface area contributed by atoms with E-state index in [0.717, 1.165) is 0 Å². The monoisotopic (exact) mass is 172 g/mol. The van der Waals surface area contributed by atoms with Crippen LogP contribution in [-0.2, 0) is 0 Å². The fourth-order valence-corrected chi connectivity index (χ4v) is 3.74. The van der Waals surface area contributed by atoms with Crippen molar-refractivity contribution in [2.24, 2.45) is 0 Å². The Labute approximate surface area is 70.8 Å². The Morgan fingerprint density at radius 2 is 1.30 bits per heavy atom. The van der Waals surface area contributed by atoms with Gasteiger partial charge < -0.3 is 0 Å². The van der Waals surface area contributed by atoms with E-state index >= 15 is 0 Å². The third-order valence-corrected chi connectivity index (χ3v) is 4.24.